The summed E-state index contributed by atoms with van der Waals surface area (Å²) in [5.41, 5.74) is 0. The molecule has 0 spiro atoms. The van der Waals surface area contributed by atoms with Gasteiger partial charge < -0.3 is 15.5 Å². The lowest BCUT2D eigenvalue weighted by Gasteiger charge is -2.39. The Labute approximate surface area is 99.3 Å². The monoisotopic (exact) mass is 229 g/mol. The average Bonchev–Trinajstić information content (AvgIpc) is 2.25. The molecule has 3 unspecified atom stereocenters. The van der Waals surface area contributed by atoms with E-state index in [-0.39, 0.29) is 19.3 Å². The van der Waals surface area contributed by atoms with E-state index in [0.29, 0.717) is 17.9 Å². The fraction of sp³-hybridized carbons (Fsp3) is 1.00. The van der Waals surface area contributed by atoms with Crippen molar-refractivity contribution in [2.24, 2.45) is 17.8 Å². The van der Waals surface area contributed by atoms with Crippen molar-refractivity contribution >= 4 is 0 Å². The third-order valence-electron chi connectivity index (χ3n) is 3.91. The van der Waals surface area contributed by atoms with Crippen molar-refractivity contribution in [1.29, 1.82) is 0 Å². The lowest BCUT2D eigenvalue weighted by atomic mass is 9.74. The Morgan fingerprint density at radius 1 is 1.19 bits per heavy atom. The van der Waals surface area contributed by atoms with Gasteiger partial charge in [0.2, 0.25) is 0 Å². The van der Waals surface area contributed by atoms with Gasteiger partial charge in [0.1, 0.15) is 0 Å². The normalized spacial score (nSPS) is 31.3. The van der Waals surface area contributed by atoms with Gasteiger partial charge in [-0.1, -0.05) is 27.2 Å². The molecule has 0 aromatic heterocycles. The maximum absolute atomic E-state index is 9.12. The second-order valence-corrected chi connectivity index (χ2v) is 5.66. The molecule has 3 heteroatoms. The first-order valence-corrected chi connectivity index (χ1v) is 6.56. The zero-order valence-corrected chi connectivity index (χ0v) is 10.8. The van der Waals surface area contributed by atoms with Crippen molar-refractivity contribution in [3.8, 4) is 0 Å². The Hall–Kier alpha value is -0.120. The summed E-state index contributed by atoms with van der Waals surface area (Å²) in [7, 11) is 0. The highest BCUT2D eigenvalue weighted by Crippen LogP contribution is 2.33. The van der Waals surface area contributed by atoms with Crippen LogP contribution < -0.4 is 5.32 Å². The first kappa shape index (κ1) is 13.9. The molecule has 0 bridgehead atoms. The molecule has 16 heavy (non-hydrogen) atoms. The number of hydrogen-bond donors (Lipinski definition) is 3. The van der Waals surface area contributed by atoms with Gasteiger partial charge in [0.15, 0.2) is 0 Å². The molecule has 3 nitrogen and oxygen atoms in total. The summed E-state index contributed by atoms with van der Waals surface area (Å²) < 4.78 is 0. The fourth-order valence-electron chi connectivity index (χ4n) is 2.86. The molecule has 0 amide bonds. The second-order valence-electron chi connectivity index (χ2n) is 5.66. The van der Waals surface area contributed by atoms with Crippen LogP contribution in [0.25, 0.3) is 0 Å². The molecule has 0 aromatic carbocycles. The smallest absolute Gasteiger partial charge is 0.0607 e. The molecule has 0 saturated heterocycles. The van der Waals surface area contributed by atoms with Crippen LogP contribution in [0.15, 0.2) is 0 Å². The molecular formula is C13H27NO2. The Balaban J connectivity index is 2.56. The van der Waals surface area contributed by atoms with Gasteiger partial charge in [0.05, 0.1) is 19.3 Å². The van der Waals surface area contributed by atoms with Gasteiger partial charge in [-0.15, -0.1) is 0 Å². The Morgan fingerprint density at radius 3 is 2.31 bits per heavy atom. The SMILES string of the molecule is CC1CCC(C(C)C)C(NC(CO)CO)C1. The number of aliphatic hydroxyl groups excluding tert-OH is 2. The molecule has 0 aromatic rings. The van der Waals surface area contributed by atoms with Gasteiger partial charge in [-0.05, 0) is 30.6 Å². The van der Waals surface area contributed by atoms with E-state index in [1.54, 1.807) is 0 Å². The number of hydrogen-bond acceptors (Lipinski definition) is 3. The lowest BCUT2D eigenvalue weighted by Crippen LogP contribution is -2.49. The van der Waals surface area contributed by atoms with Crippen molar-refractivity contribution < 1.29 is 10.2 Å². The van der Waals surface area contributed by atoms with Crippen LogP contribution in [0, 0.1) is 17.8 Å². The minimum atomic E-state index is -0.156. The number of rotatable bonds is 5. The topological polar surface area (TPSA) is 52.5 Å². The van der Waals surface area contributed by atoms with Crippen LogP contribution in [-0.2, 0) is 0 Å². The van der Waals surface area contributed by atoms with Crippen molar-refractivity contribution in [3.63, 3.8) is 0 Å². The van der Waals surface area contributed by atoms with Crippen LogP contribution in [0.2, 0.25) is 0 Å². The Bertz CT molecular complexity index is 192. The fourth-order valence-corrected chi connectivity index (χ4v) is 2.86. The molecular weight excluding hydrogens is 202 g/mol. The number of aliphatic hydroxyl groups is 2. The van der Waals surface area contributed by atoms with Crippen molar-refractivity contribution in [2.75, 3.05) is 13.2 Å². The average molecular weight is 229 g/mol. The molecule has 1 aliphatic carbocycles. The second kappa shape index (κ2) is 6.58. The van der Waals surface area contributed by atoms with E-state index < -0.39 is 0 Å². The minimum Gasteiger partial charge on any atom is -0.395 e. The molecule has 0 heterocycles. The predicted octanol–water partition coefficient (Wildman–Crippen LogP) is 1.39. The van der Waals surface area contributed by atoms with E-state index in [1.807, 2.05) is 0 Å². The Morgan fingerprint density at radius 2 is 1.81 bits per heavy atom. The molecule has 3 atom stereocenters. The van der Waals surface area contributed by atoms with Gasteiger partial charge in [0, 0.05) is 6.04 Å². The van der Waals surface area contributed by atoms with E-state index in [2.05, 4.69) is 26.1 Å². The third kappa shape index (κ3) is 3.72. The van der Waals surface area contributed by atoms with Gasteiger partial charge in [-0.25, -0.2) is 0 Å². The van der Waals surface area contributed by atoms with Crippen molar-refractivity contribution in [2.45, 2.75) is 52.1 Å². The quantitative estimate of drug-likeness (QED) is 0.668. The van der Waals surface area contributed by atoms with E-state index in [1.165, 1.54) is 19.3 Å². The molecule has 96 valence electrons. The number of nitrogens with one attached hydrogen (secondary N) is 1. The van der Waals surface area contributed by atoms with Gasteiger partial charge in [-0.3, -0.25) is 0 Å². The molecule has 1 saturated carbocycles. The van der Waals surface area contributed by atoms with Gasteiger partial charge >= 0.3 is 0 Å². The maximum atomic E-state index is 9.12. The summed E-state index contributed by atoms with van der Waals surface area (Å²) in [5.74, 6) is 2.10. The standard InChI is InChI=1S/C13H27NO2/c1-9(2)12-5-4-10(3)6-13(12)14-11(7-15)8-16/h9-16H,4-8H2,1-3H3. The summed E-state index contributed by atoms with van der Waals surface area (Å²) in [5, 5.41) is 21.7. The van der Waals surface area contributed by atoms with E-state index >= 15 is 0 Å². The molecule has 0 radical (unpaired) electrons. The van der Waals surface area contributed by atoms with Gasteiger partial charge in [0.25, 0.3) is 0 Å². The summed E-state index contributed by atoms with van der Waals surface area (Å²) in [6.07, 6.45) is 3.74. The predicted molar refractivity (Wildman–Crippen MR) is 66.2 cm³/mol. The van der Waals surface area contributed by atoms with Crippen LogP contribution >= 0.6 is 0 Å². The van der Waals surface area contributed by atoms with E-state index in [4.69, 9.17) is 10.2 Å². The van der Waals surface area contributed by atoms with E-state index in [0.717, 1.165) is 5.92 Å². The summed E-state index contributed by atoms with van der Waals surface area (Å²) in [6, 6.07) is 0.296. The zero-order chi connectivity index (χ0) is 12.1. The summed E-state index contributed by atoms with van der Waals surface area (Å²) in [4.78, 5) is 0. The first-order chi connectivity index (χ1) is 7.58. The summed E-state index contributed by atoms with van der Waals surface area (Å²) >= 11 is 0. The molecule has 0 aliphatic heterocycles. The largest absolute Gasteiger partial charge is 0.395 e. The van der Waals surface area contributed by atoms with Crippen molar-refractivity contribution in [3.05, 3.63) is 0 Å². The van der Waals surface area contributed by atoms with Crippen molar-refractivity contribution in [1.82, 2.24) is 5.32 Å². The highest BCUT2D eigenvalue weighted by atomic mass is 16.3. The molecule has 1 fully saturated rings. The highest BCUT2D eigenvalue weighted by molar-refractivity contribution is 4.87. The molecule has 1 rings (SSSR count). The van der Waals surface area contributed by atoms with Gasteiger partial charge in [-0.2, -0.15) is 0 Å². The van der Waals surface area contributed by atoms with E-state index in [9.17, 15) is 0 Å². The molecule has 3 N–H and O–H groups in total. The van der Waals surface area contributed by atoms with Crippen LogP contribution in [-0.4, -0.2) is 35.5 Å². The zero-order valence-electron chi connectivity index (χ0n) is 10.8. The summed E-state index contributed by atoms with van der Waals surface area (Å²) in [6.45, 7) is 6.86. The minimum absolute atomic E-state index is 0.0200. The first-order valence-electron chi connectivity index (χ1n) is 6.56. The van der Waals surface area contributed by atoms with Crippen LogP contribution in [0.1, 0.15) is 40.0 Å². The third-order valence-corrected chi connectivity index (χ3v) is 3.91. The van der Waals surface area contributed by atoms with Crippen LogP contribution in [0.4, 0.5) is 0 Å². The van der Waals surface area contributed by atoms with Crippen LogP contribution in [0.3, 0.4) is 0 Å². The molecule has 1 aliphatic rings. The lowest BCUT2D eigenvalue weighted by molar-refractivity contribution is 0.112. The maximum Gasteiger partial charge on any atom is 0.0607 e. The van der Waals surface area contributed by atoms with Crippen LogP contribution in [0.5, 0.6) is 0 Å². The highest BCUT2D eigenvalue weighted by Gasteiger charge is 2.31. The Kier molecular flexibility index (Phi) is 5.73.